The number of likely N-dealkylation sites (tertiary alicyclic amines) is 1. The van der Waals surface area contributed by atoms with Crippen molar-refractivity contribution >= 4 is 28.8 Å². The number of benzene rings is 1. The molecule has 1 aliphatic rings. The van der Waals surface area contributed by atoms with Crippen molar-refractivity contribution < 1.29 is 9.84 Å². The molecule has 9 heteroatoms. The number of nitriles is 1. The topological polar surface area (TPSA) is 112 Å². The third-order valence-electron chi connectivity index (χ3n) is 6.04. The SMILES string of the molecule is C=C(C)c1c(N)ncnc1N(C)C(C)c1cc(Cl)c(C#N)c(C2CN(CCO)C2)c1OC. The van der Waals surface area contributed by atoms with E-state index in [0.717, 1.165) is 29.8 Å². The molecule has 170 valence electrons. The van der Waals surface area contributed by atoms with Crippen LogP contribution in [0.3, 0.4) is 0 Å². The molecule has 3 rings (SSSR count). The number of nitrogens with two attached hydrogens (primary N) is 1. The van der Waals surface area contributed by atoms with Gasteiger partial charge in [0.2, 0.25) is 0 Å². The largest absolute Gasteiger partial charge is 0.496 e. The molecule has 0 saturated carbocycles. The molecule has 1 atom stereocenters. The lowest BCUT2D eigenvalue weighted by molar-refractivity contribution is 0.114. The molecular weight excluding hydrogens is 428 g/mol. The summed E-state index contributed by atoms with van der Waals surface area (Å²) < 4.78 is 5.86. The molecule has 0 radical (unpaired) electrons. The number of hydrogen-bond donors (Lipinski definition) is 2. The molecular formula is C23H29ClN6O2. The van der Waals surface area contributed by atoms with E-state index in [9.17, 15) is 10.4 Å². The molecule has 32 heavy (non-hydrogen) atoms. The molecule has 1 aromatic carbocycles. The number of nitrogens with zero attached hydrogens (tertiary/aromatic N) is 5. The van der Waals surface area contributed by atoms with E-state index in [1.807, 2.05) is 25.8 Å². The zero-order valence-electron chi connectivity index (χ0n) is 18.9. The first-order valence-corrected chi connectivity index (χ1v) is 10.8. The number of aliphatic hydroxyl groups is 1. The van der Waals surface area contributed by atoms with Gasteiger partial charge in [-0.2, -0.15) is 5.26 Å². The van der Waals surface area contributed by atoms with Crippen LogP contribution in [0.2, 0.25) is 5.02 Å². The summed E-state index contributed by atoms with van der Waals surface area (Å²) in [5, 5.41) is 19.4. The molecule has 0 bridgehead atoms. The zero-order chi connectivity index (χ0) is 23.6. The molecule has 8 nitrogen and oxygen atoms in total. The predicted molar refractivity (Wildman–Crippen MR) is 127 cm³/mol. The van der Waals surface area contributed by atoms with Crippen LogP contribution < -0.4 is 15.4 Å². The third kappa shape index (κ3) is 4.24. The van der Waals surface area contributed by atoms with Gasteiger partial charge >= 0.3 is 0 Å². The Morgan fingerprint density at radius 3 is 2.75 bits per heavy atom. The second-order valence-electron chi connectivity index (χ2n) is 8.09. The first-order chi connectivity index (χ1) is 15.2. The number of methoxy groups -OCH3 is 1. The summed E-state index contributed by atoms with van der Waals surface area (Å²) in [4.78, 5) is 12.7. The van der Waals surface area contributed by atoms with E-state index < -0.39 is 0 Å². The van der Waals surface area contributed by atoms with Crippen molar-refractivity contribution in [3.8, 4) is 11.8 Å². The van der Waals surface area contributed by atoms with E-state index in [0.29, 0.717) is 40.1 Å². The lowest BCUT2D eigenvalue weighted by Crippen LogP contribution is -2.46. The second kappa shape index (κ2) is 9.74. The Kier molecular flexibility index (Phi) is 7.24. The van der Waals surface area contributed by atoms with Crippen molar-refractivity contribution in [3.05, 3.63) is 46.2 Å². The predicted octanol–water partition coefficient (Wildman–Crippen LogP) is 3.21. The standard InChI is InChI=1S/C23H29ClN6O2/c1-13(2)19-22(26)27-12-28-23(19)29(4)14(3)16-8-18(24)17(9-25)20(21(16)32-5)15-10-30(11-15)6-7-31/h8,12,14-15,31H,1,6-7,10-11H2,2-5H3,(H2,26,27,28). The minimum absolute atomic E-state index is 0.0989. The Morgan fingerprint density at radius 2 is 2.19 bits per heavy atom. The summed E-state index contributed by atoms with van der Waals surface area (Å²) in [6.45, 7) is 10.1. The van der Waals surface area contributed by atoms with Crippen molar-refractivity contribution in [3.63, 3.8) is 0 Å². The lowest BCUT2D eigenvalue weighted by atomic mass is 9.85. The van der Waals surface area contributed by atoms with Gasteiger partial charge in [0.15, 0.2) is 0 Å². The van der Waals surface area contributed by atoms with E-state index in [2.05, 4.69) is 27.5 Å². The van der Waals surface area contributed by atoms with Gasteiger partial charge in [-0.25, -0.2) is 9.97 Å². The van der Waals surface area contributed by atoms with E-state index in [4.69, 9.17) is 22.1 Å². The number of aliphatic hydroxyl groups excluding tert-OH is 1. The molecule has 2 heterocycles. The van der Waals surface area contributed by atoms with E-state index >= 15 is 0 Å². The van der Waals surface area contributed by atoms with Gasteiger partial charge in [-0.15, -0.1) is 0 Å². The number of anilines is 2. The van der Waals surface area contributed by atoms with Gasteiger partial charge in [0, 0.05) is 43.7 Å². The van der Waals surface area contributed by atoms with Gasteiger partial charge in [-0.05, 0) is 25.5 Å². The maximum Gasteiger partial charge on any atom is 0.141 e. The van der Waals surface area contributed by atoms with Crippen molar-refractivity contribution in [2.24, 2.45) is 0 Å². The molecule has 1 aliphatic heterocycles. The fraction of sp³-hybridized carbons (Fsp3) is 0.435. The van der Waals surface area contributed by atoms with Crippen LogP contribution in [0.15, 0.2) is 19.0 Å². The van der Waals surface area contributed by atoms with E-state index in [-0.39, 0.29) is 18.6 Å². The lowest BCUT2D eigenvalue weighted by Gasteiger charge is -2.41. The van der Waals surface area contributed by atoms with Crippen LogP contribution in [0.1, 0.15) is 48.1 Å². The molecule has 0 aliphatic carbocycles. The number of β-amino-alcohol motifs (C(OH)–C–C–N with tert-alkyl or cyclic N) is 1. The maximum atomic E-state index is 9.81. The van der Waals surface area contributed by atoms with Gasteiger partial charge in [0.1, 0.15) is 29.8 Å². The van der Waals surface area contributed by atoms with Crippen molar-refractivity contribution in [2.45, 2.75) is 25.8 Å². The Labute approximate surface area is 193 Å². The van der Waals surface area contributed by atoms with Crippen molar-refractivity contribution in [2.75, 3.05) is 51.0 Å². The fourth-order valence-electron chi connectivity index (χ4n) is 4.25. The summed E-state index contributed by atoms with van der Waals surface area (Å²) in [7, 11) is 3.52. The molecule has 1 saturated heterocycles. The minimum Gasteiger partial charge on any atom is -0.496 e. The van der Waals surface area contributed by atoms with E-state index in [1.165, 1.54) is 6.33 Å². The van der Waals surface area contributed by atoms with Crippen LogP contribution in [0.4, 0.5) is 11.6 Å². The monoisotopic (exact) mass is 456 g/mol. The molecule has 1 aromatic heterocycles. The highest BCUT2D eigenvalue weighted by molar-refractivity contribution is 6.32. The highest BCUT2D eigenvalue weighted by Crippen LogP contribution is 2.44. The zero-order valence-corrected chi connectivity index (χ0v) is 19.6. The normalized spacial score (nSPS) is 15.0. The number of aromatic nitrogens is 2. The summed E-state index contributed by atoms with van der Waals surface area (Å²) in [6, 6.07) is 3.84. The number of rotatable bonds is 8. The quantitative estimate of drug-likeness (QED) is 0.622. The third-order valence-corrected chi connectivity index (χ3v) is 6.34. The molecule has 1 fully saturated rings. The van der Waals surface area contributed by atoms with Crippen molar-refractivity contribution in [1.82, 2.24) is 14.9 Å². The van der Waals surface area contributed by atoms with Crippen LogP contribution in [0.5, 0.6) is 5.75 Å². The molecule has 0 amide bonds. The number of hydrogen-bond acceptors (Lipinski definition) is 8. The van der Waals surface area contributed by atoms with Crippen LogP contribution in [-0.4, -0.2) is 60.4 Å². The Bertz CT molecular complexity index is 1060. The van der Waals surface area contributed by atoms with Gasteiger partial charge in [0.05, 0.1) is 35.9 Å². The summed E-state index contributed by atoms with van der Waals surface area (Å²) in [5.74, 6) is 1.77. The Hall–Kier alpha value is -2.86. The first kappa shape index (κ1) is 23.8. The van der Waals surface area contributed by atoms with Crippen LogP contribution in [0, 0.1) is 11.3 Å². The number of ether oxygens (including phenoxy) is 1. The van der Waals surface area contributed by atoms with Crippen LogP contribution >= 0.6 is 11.6 Å². The van der Waals surface area contributed by atoms with E-state index in [1.54, 1.807) is 13.2 Å². The molecule has 3 N–H and O–H groups in total. The molecule has 2 aromatic rings. The summed E-state index contributed by atoms with van der Waals surface area (Å²) in [5.41, 5.74) is 9.66. The number of halogens is 1. The molecule has 0 spiro atoms. The van der Waals surface area contributed by atoms with Gasteiger partial charge in [-0.1, -0.05) is 18.2 Å². The number of allylic oxidation sites excluding steroid dienone is 1. The second-order valence-corrected chi connectivity index (χ2v) is 8.49. The highest BCUT2D eigenvalue weighted by Gasteiger charge is 2.35. The van der Waals surface area contributed by atoms with Gasteiger partial charge in [0.25, 0.3) is 0 Å². The Morgan fingerprint density at radius 1 is 1.50 bits per heavy atom. The maximum absolute atomic E-state index is 9.81. The average Bonchev–Trinajstić information content (AvgIpc) is 2.73. The molecule has 1 unspecified atom stereocenters. The number of nitrogen functional groups attached to an aromatic ring is 1. The average molecular weight is 457 g/mol. The summed E-state index contributed by atoms with van der Waals surface area (Å²) in [6.07, 6.45) is 1.43. The van der Waals surface area contributed by atoms with Crippen LogP contribution in [0.25, 0.3) is 5.57 Å². The first-order valence-electron chi connectivity index (χ1n) is 10.4. The smallest absolute Gasteiger partial charge is 0.141 e. The van der Waals surface area contributed by atoms with Gasteiger partial charge < -0.3 is 20.5 Å². The van der Waals surface area contributed by atoms with Crippen molar-refractivity contribution in [1.29, 1.82) is 5.26 Å². The highest BCUT2D eigenvalue weighted by atomic mass is 35.5. The Balaban J connectivity index is 2.08. The van der Waals surface area contributed by atoms with Crippen LogP contribution in [-0.2, 0) is 0 Å². The summed E-state index contributed by atoms with van der Waals surface area (Å²) >= 11 is 6.58. The van der Waals surface area contributed by atoms with Gasteiger partial charge in [-0.3, -0.25) is 4.90 Å². The minimum atomic E-state index is -0.199. The fourth-order valence-corrected chi connectivity index (χ4v) is 4.51.